The van der Waals surface area contributed by atoms with Crippen LogP contribution < -0.4 is 10.1 Å². The van der Waals surface area contributed by atoms with E-state index in [9.17, 15) is 5.11 Å². The van der Waals surface area contributed by atoms with Gasteiger partial charge in [-0.15, -0.1) is 0 Å². The average molecular weight is 348 g/mol. The molecule has 1 aromatic carbocycles. The van der Waals surface area contributed by atoms with Gasteiger partial charge >= 0.3 is 0 Å². The zero-order chi connectivity index (χ0) is 14.8. The van der Waals surface area contributed by atoms with Gasteiger partial charge in [0.15, 0.2) is 0 Å². The monoisotopic (exact) mass is 347 g/mol. The van der Waals surface area contributed by atoms with E-state index in [0.29, 0.717) is 13.2 Å². The third-order valence-electron chi connectivity index (χ3n) is 2.63. The maximum Gasteiger partial charge on any atom is 0.138 e. The molecule has 0 heterocycles. The van der Waals surface area contributed by atoms with Gasteiger partial charge in [0.25, 0.3) is 0 Å². The number of halogens is 1. The number of rotatable bonds is 10. The van der Waals surface area contributed by atoms with E-state index in [0.717, 1.165) is 22.3 Å². The summed E-state index contributed by atoms with van der Waals surface area (Å²) in [7, 11) is 3.22. The molecule has 0 aliphatic heterocycles. The minimum atomic E-state index is -0.638. The van der Waals surface area contributed by atoms with Crippen LogP contribution >= 0.6 is 15.9 Å². The Morgan fingerprint density at radius 2 is 2.05 bits per heavy atom. The lowest BCUT2D eigenvalue weighted by atomic mass is 10.2. The summed E-state index contributed by atoms with van der Waals surface area (Å²) in [5, 5.41) is 12.9. The summed E-state index contributed by atoms with van der Waals surface area (Å²) in [5.74, 6) is 0.743. The van der Waals surface area contributed by atoms with Gasteiger partial charge in [-0.3, -0.25) is 0 Å². The van der Waals surface area contributed by atoms with Crippen LogP contribution in [-0.2, 0) is 16.0 Å². The molecule has 1 atom stereocenters. The molecule has 1 unspecified atom stereocenters. The Morgan fingerprint density at radius 1 is 1.25 bits per heavy atom. The number of aliphatic hydroxyl groups is 1. The van der Waals surface area contributed by atoms with E-state index in [2.05, 4.69) is 21.2 Å². The predicted molar refractivity (Wildman–Crippen MR) is 81.1 cm³/mol. The predicted octanol–water partition coefficient (Wildman–Crippen LogP) is 1.57. The standard InChI is InChI=1S/C14H22BrNO4/c1-18-7-6-16-8-11-4-3-5-13(15)14(11)20-10-12(17)9-19-2/h3-5,12,16-17H,6-10H2,1-2H3. The molecule has 0 amide bonds. The summed E-state index contributed by atoms with van der Waals surface area (Å²) in [6.07, 6.45) is -0.638. The minimum absolute atomic E-state index is 0.196. The van der Waals surface area contributed by atoms with Gasteiger partial charge in [-0.2, -0.15) is 0 Å². The molecule has 0 aliphatic carbocycles. The van der Waals surface area contributed by atoms with Crippen LogP contribution in [-0.4, -0.2) is 51.8 Å². The fourth-order valence-electron chi connectivity index (χ4n) is 1.67. The van der Waals surface area contributed by atoms with Gasteiger partial charge in [-0.05, 0) is 22.0 Å². The van der Waals surface area contributed by atoms with Crippen molar-refractivity contribution < 1.29 is 19.3 Å². The first-order valence-corrected chi connectivity index (χ1v) is 7.25. The van der Waals surface area contributed by atoms with Crippen molar-refractivity contribution in [3.8, 4) is 5.75 Å². The highest BCUT2D eigenvalue weighted by atomic mass is 79.9. The Kier molecular flexibility index (Phi) is 8.80. The molecular formula is C14H22BrNO4. The van der Waals surface area contributed by atoms with Crippen molar-refractivity contribution in [1.29, 1.82) is 0 Å². The Morgan fingerprint density at radius 3 is 2.75 bits per heavy atom. The van der Waals surface area contributed by atoms with Gasteiger partial charge in [0, 0.05) is 32.9 Å². The number of aliphatic hydroxyl groups excluding tert-OH is 1. The van der Waals surface area contributed by atoms with Crippen LogP contribution in [0.3, 0.4) is 0 Å². The average Bonchev–Trinajstić information content (AvgIpc) is 2.43. The molecule has 0 fully saturated rings. The fraction of sp³-hybridized carbons (Fsp3) is 0.571. The van der Waals surface area contributed by atoms with Crippen molar-refractivity contribution >= 4 is 15.9 Å². The second kappa shape index (κ2) is 10.1. The van der Waals surface area contributed by atoms with Crippen molar-refractivity contribution in [3.63, 3.8) is 0 Å². The summed E-state index contributed by atoms with van der Waals surface area (Å²) in [5.41, 5.74) is 1.03. The highest BCUT2D eigenvalue weighted by Gasteiger charge is 2.11. The first-order chi connectivity index (χ1) is 9.69. The molecule has 114 valence electrons. The molecule has 2 N–H and O–H groups in total. The van der Waals surface area contributed by atoms with E-state index < -0.39 is 6.10 Å². The third-order valence-corrected chi connectivity index (χ3v) is 3.25. The van der Waals surface area contributed by atoms with Gasteiger partial charge in [-0.1, -0.05) is 12.1 Å². The number of nitrogens with one attached hydrogen (secondary N) is 1. The maximum absolute atomic E-state index is 9.64. The van der Waals surface area contributed by atoms with Gasteiger partial charge < -0.3 is 24.6 Å². The molecule has 0 radical (unpaired) electrons. The van der Waals surface area contributed by atoms with E-state index in [1.54, 1.807) is 14.2 Å². The van der Waals surface area contributed by atoms with Crippen molar-refractivity contribution in [2.45, 2.75) is 12.6 Å². The summed E-state index contributed by atoms with van der Waals surface area (Å²) in [6.45, 7) is 2.57. The zero-order valence-electron chi connectivity index (χ0n) is 11.9. The molecule has 1 aromatic rings. The third kappa shape index (κ3) is 6.19. The lowest BCUT2D eigenvalue weighted by Gasteiger charge is -2.16. The van der Waals surface area contributed by atoms with Crippen LogP contribution in [0.5, 0.6) is 5.75 Å². The van der Waals surface area contributed by atoms with Crippen molar-refractivity contribution in [3.05, 3.63) is 28.2 Å². The molecule has 5 nitrogen and oxygen atoms in total. The van der Waals surface area contributed by atoms with E-state index in [1.165, 1.54) is 0 Å². The molecule has 0 spiro atoms. The second-order valence-corrected chi connectivity index (χ2v) is 5.17. The van der Waals surface area contributed by atoms with Gasteiger partial charge in [0.2, 0.25) is 0 Å². The number of hydrogen-bond acceptors (Lipinski definition) is 5. The van der Waals surface area contributed by atoms with Crippen LogP contribution in [0, 0.1) is 0 Å². The second-order valence-electron chi connectivity index (χ2n) is 4.32. The normalized spacial score (nSPS) is 12.4. The Labute approximate surface area is 128 Å². The summed E-state index contributed by atoms with van der Waals surface area (Å²) in [6, 6.07) is 5.86. The van der Waals surface area contributed by atoms with E-state index >= 15 is 0 Å². The Balaban J connectivity index is 2.58. The summed E-state index contributed by atoms with van der Waals surface area (Å²) >= 11 is 3.47. The van der Waals surface area contributed by atoms with Crippen molar-refractivity contribution in [2.24, 2.45) is 0 Å². The van der Waals surface area contributed by atoms with E-state index in [1.807, 2.05) is 18.2 Å². The molecule has 6 heteroatoms. The highest BCUT2D eigenvalue weighted by Crippen LogP contribution is 2.29. The quantitative estimate of drug-likeness (QED) is 0.629. The zero-order valence-corrected chi connectivity index (χ0v) is 13.5. The topological polar surface area (TPSA) is 60.0 Å². The molecule has 20 heavy (non-hydrogen) atoms. The molecule has 0 aliphatic rings. The number of methoxy groups -OCH3 is 2. The smallest absolute Gasteiger partial charge is 0.138 e. The highest BCUT2D eigenvalue weighted by molar-refractivity contribution is 9.10. The Bertz CT molecular complexity index is 389. The number of para-hydroxylation sites is 1. The molecule has 0 aromatic heterocycles. The fourth-order valence-corrected chi connectivity index (χ4v) is 2.19. The van der Waals surface area contributed by atoms with Crippen LogP contribution in [0.15, 0.2) is 22.7 Å². The molecule has 0 saturated heterocycles. The first-order valence-electron chi connectivity index (χ1n) is 6.46. The van der Waals surface area contributed by atoms with E-state index in [-0.39, 0.29) is 13.2 Å². The van der Waals surface area contributed by atoms with E-state index in [4.69, 9.17) is 14.2 Å². The van der Waals surface area contributed by atoms with Crippen LogP contribution in [0.1, 0.15) is 5.56 Å². The van der Waals surface area contributed by atoms with Gasteiger partial charge in [0.05, 0.1) is 17.7 Å². The lowest BCUT2D eigenvalue weighted by molar-refractivity contribution is 0.0321. The van der Waals surface area contributed by atoms with Crippen LogP contribution in [0.2, 0.25) is 0 Å². The molecule has 0 bridgehead atoms. The maximum atomic E-state index is 9.64. The van der Waals surface area contributed by atoms with Gasteiger partial charge in [0.1, 0.15) is 18.5 Å². The lowest BCUT2D eigenvalue weighted by Crippen LogP contribution is -2.24. The summed E-state index contributed by atoms with van der Waals surface area (Å²) in [4.78, 5) is 0. The van der Waals surface area contributed by atoms with Crippen molar-refractivity contribution in [1.82, 2.24) is 5.32 Å². The molecule has 1 rings (SSSR count). The minimum Gasteiger partial charge on any atom is -0.489 e. The first kappa shape index (κ1) is 17.4. The SMILES string of the molecule is COCCNCc1cccc(Br)c1OCC(O)COC. The van der Waals surface area contributed by atoms with Gasteiger partial charge in [-0.25, -0.2) is 0 Å². The Hall–Kier alpha value is -0.660. The number of ether oxygens (including phenoxy) is 3. The molecule has 0 saturated carbocycles. The molecular weight excluding hydrogens is 326 g/mol. The van der Waals surface area contributed by atoms with Crippen molar-refractivity contribution in [2.75, 3.05) is 40.6 Å². The van der Waals surface area contributed by atoms with Crippen LogP contribution in [0.25, 0.3) is 0 Å². The van der Waals surface area contributed by atoms with Crippen LogP contribution in [0.4, 0.5) is 0 Å². The number of benzene rings is 1. The summed E-state index contributed by atoms with van der Waals surface area (Å²) < 4.78 is 16.4. The number of hydrogen-bond donors (Lipinski definition) is 2. The largest absolute Gasteiger partial charge is 0.489 e.